The van der Waals surface area contributed by atoms with Crippen molar-refractivity contribution < 1.29 is 13.2 Å². The summed E-state index contributed by atoms with van der Waals surface area (Å²) in [5, 5.41) is 0. The molecule has 0 atom stereocenters. The average Bonchev–Trinajstić information content (AvgIpc) is 2.46. The Morgan fingerprint density at radius 3 is 2.52 bits per heavy atom. The lowest BCUT2D eigenvalue weighted by Gasteiger charge is -2.17. The van der Waals surface area contributed by atoms with Crippen molar-refractivity contribution in [2.24, 2.45) is 0 Å². The predicted octanol–water partition coefficient (Wildman–Crippen LogP) is 1.32. The summed E-state index contributed by atoms with van der Waals surface area (Å²) in [4.78, 5) is 13.2. The zero-order valence-electron chi connectivity index (χ0n) is 12.6. The van der Waals surface area contributed by atoms with Crippen molar-refractivity contribution in [1.82, 2.24) is 9.62 Å². The Hall–Kier alpha value is -1.40. The van der Waals surface area contributed by atoms with Crippen LogP contribution < -0.4 is 4.72 Å². The summed E-state index contributed by atoms with van der Waals surface area (Å²) in [5.74, 6) is -0.0943. The molecule has 0 unspecified atom stereocenters. The first kappa shape index (κ1) is 16.0. The van der Waals surface area contributed by atoms with E-state index in [-0.39, 0.29) is 18.9 Å². The molecule has 0 radical (unpaired) electrons. The molecule has 0 aromatic heterocycles. The first-order chi connectivity index (χ1) is 9.90. The lowest BCUT2D eigenvalue weighted by molar-refractivity contribution is -0.128. The Balaban J connectivity index is 2.04. The van der Waals surface area contributed by atoms with Gasteiger partial charge in [-0.25, -0.2) is 13.1 Å². The molecule has 1 aromatic rings. The first-order valence-electron chi connectivity index (χ1n) is 7.22. The second-order valence-corrected chi connectivity index (χ2v) is 7.34. The Morgan fingerprint density at radius 1 is 1.19 bits per heavy atom. The lowest BCUT2D eigenvalue weighted by Crippen LogP contribution is -2.30. The molecule has 0 aliphatic heterocycles. The summed E-state index contributed by atoms with van der Waals surface area (Å²) in [6.07, 6.45) is 4.42. The van der Waals surface area contributed by atoms with E-state index < -0.39 is 10.0 Å². The molecule has 0 spiro atoms. The molecule has 1 aromatic carbocycles. The summed E-state index contributed by atoms with van der Waals surface area (Å²) in [6.45, 7) is 0.121. The van der Waals surface area contributed by atoms with Crippen LogP contribution in [-0.4, -0.2) is 39.9 Å². The Morgan fingerprint density at radius 2 is 1.86 bits per heavy atom. The maximum atomic E-state index is 12.2. The molecule has 0 saturated carbocycles. The number of hydrogen-bond donors (Lipinski definition) is 1. The maximum absolute atomic E-state index is 12.2. The molecule has 1 amide bonds. The molecule has 0 bridgehead atoms. The first-order valence-corrected chi connectivity index (χ1v) is 8.70. The summed E-state index contributed by atoms with van der Waals surface area (Å²) >= 11 is 0. The van der Waals surface area contributed by atoms with Crippen LogP contribution in [0.3, 0.4) is 0 Å². The minimum absolute atomic E-state index is 0.0943. The lowest BCUT2D eigenvalue weighted by atomic mass is 9.92. The molecular weight excluding hydrogens is 288 g/mol. The van der Waals surface area contributed by atoms with E-state index in [1.54, 1.807) is 26.2 Å². The summed E-state index contributed by atoms with van der Waals surface area (Å²) in [7, 11) is -0.230. The zero-order chi connectivity index (χ0) is 15.5. The molecule has 1 N–H and O–H groups in total. The van der Waals surface area contributed by atoms with Gasteiger partial charge in [-0.2, -0.15) is 0 Å². The van der Waals surface area contributed by atoms with Gasteiger partial charge in [-0.1, -0.05) is 6.07 Å². The number of aryl methyl sites for hydroxylation is 2. The van der Waals surface area contributed by atoms with Crippen molar-refractivity contribution in [3.63, 3.8) is 0 Å². The highest BCUT2D eigenvalue weighted by Crippen LogP contribution is 2.23. The summed E-state index contributed by atoms with van der Waals surface area (Å²) in [5.41, 5.74) is 2.39. The number of nitrogens with one attached hydrogen (secondary N) is 1. The standard InChI is InChI=1S/C15H22N2O3S/c1-17(2)15(18)9-10-16-21(19,20)14-8-7-12-5-3-4-6-13(12)11-14/h7-8,11,16H,3-6,9-10H2,1-2H3. The molecule has 1 aliphatic carbocycles. The van der Waals surface area contributed by atoms with Gasteiger partial charge >= 0.3 is 0 Å². The van der Waals surface area contributed by atoms with Crippen molar-refractivity contribution in [3.8, 4) is 0 Å². The SMILES string of the molecule is CN(C)C(=O)CCNS(=O)(=O)c1ccc2c(c1)CCCC2. The number of fused-ring (bicyclic) bond motifs is 1. The number of benzene rings is 1. The number of nitrogens with zero attached hydrogens (tertiary/aromatic N) is 1. The van der Waals surface area contributed by atoms with Crippen molar-refractivity contribution >= 4 is 15.9 Å². The fraction of sp³-hybridized carbons (Fsp3) is 0.533. The predicted molar refractivity (Wildman–Crippen MR) is 81.6 cm³/mol. The number of hydrogen-bond acceptors (Lipinski definition) is 3. The van der Waals surface area contributed by atoms with Gasteiger partial charge in [0.05, 0.1) is 4.90 Å². The molecule has 1 aliphatic rings. The maximum Gasteiger partial charge on any atom is 0.240 e. The average molecular weight is 310 g/mol. The van der Waals surface area contributed by atoms with Crippen LogP contribution in [0, 0.1) is 0 Å². The Bertz CT molecular complexity index is 624. The molecule has 2 rings (SSSR count). The summed E-state index contributed by atoms with van der Waals surface area (Å²) < 4.78 is 27.0. The zero-order valence-corrected chi connectivity index (χ0v) is 13.4. The van der Waals surface area contributed by atoms with Crippen molar-refractivity contribution in [2.45, 2.75) is 37.0 Å². The highest BCUT2D eigenvalue weighted by Gasteiger charge is 2.17. The van der Waals surface area contributed by atoms with Crippen molar-refractivity contribution in [3.05, 3.63) is 29.3 Å². The van der Waals surface area contributed by atoms with Gasteiger partial charge in [-0.3, -0.25) is 4.79 Å². The van der Waals surface area contributed by atoms with Gasteiger partial charge in [0.2, 0.25) is 15.9 Å². The van der Waals surface area contributed by atoms with Crippen LogP contribution >= 0.6 is 0 Å². The molecule has 5 nitrogen and oxygen atoms in total. The van der Waals surface area contributed by atoms with Crippen molar-refractivity contribution in [1.29, 1.82) is 0 Å². The largest absolute Gasteiger partial charge is 0.349 e. The van der Waals surface area contributed by atoms with Crippen LogP contribution in [0.4, 0.5) is 0 Å². The van der Waals surface area contributed by atoms with Crippen LogP contribution in [-0.2, 0) is 27.7 Å². The van der Waals surface area contributed by atoms with Crippen LogP contribution in [0.15, 0.2) is 23.1 Å². The number of sulfonamides is 1. The summed E-state index contributed by atoms with van der Waals surface area (Å²) in [6, 6.07) is 5.33. The molecule has 21 heavy (non-hydrogen) atoms. The van der Waals surface area contributed by atoms with E-state index in [0.717, 1.165) is 24.8 Å². The minimum atomic E-state index is -3.54. The highest BCUT2D eigenvalue weighted by molar-refractivity contribution is 7.89. The quantitative estimate of drug-likeness (QED) is 0.892. The Kier molecular flexibility index (Phi) is 5.00. The minimum Gasteiger partial charge on any atom is -0.349 e. The fourth-order valence-electron chi connectivity index (χ4n) is 2.48. The van der Waals surface area contributed by atoms with Crippen LogP contribution in [0.2, 0.25) is 0 Å². The number of rotatable bonds is 5. The number of carbonyl (C=O) groups excluding carboxylic acids is 1. The molecular formula is C15H22N2O3S. The van der Waals surface area contributed by atoms with Gasteiger partial charge in [0.15, 0.2) is 0 Å². The molecule has 6 heteroatoms. The van der Waals surface area contributed by atoms with Gasteiger partial charge in [0.25, 0.3) is 0 Å². The second-order valence-electron chi connectivity index (χ2n) is 5.57. The second kappa shape index (κ2) is 6.58. The third kappa shape index (κ3) is 4.04. The monoisotopic (exact) mass is 310 g/mol. The van der Waals surface area contributed by atoms with Crippen LogP contribution in [0.1, 0.15) is 30.4 Å². The van der Waals surface area contributed by atoms with Crippen LogP contribution in [0.5, 0.6) is 0 Å². The molecule has 0 heterocycles. The van der Waals surface area contributed by atoms with E-state index >= 15 is 0 Å². The van der Waals surface area contributed by atoms with E-state index in [0.29, 0.717) is 4.90 Å². The smallest absolute Gasteiger partial charge is 0.240 e. The molecule has 0 saturated heterocycles. The van der Waals surface area contributed by atoms with Gasteiger partial charge in [-0.15, -0.1) is 0 Å². The van der Waals surface area contributed by atoms with Gasteiger partial charge in [-0.05, 0) is 48.9 Å². The van der Waals surface area contributed by atoms with E-state index in [1.807, 2.05) is 6.07 Å². The van der Waals surface area contributed by atoms with Crippen molar-refractivity contribution in [2.75, 3.05) is 20.6 Å². The van der Waals surface area contributed by atoms with E-state index in [1.165, 1.54) is 16.9 Å². The highest BCUT2D eigenvalue weighted by atomic mass is 32.2. The Labute approximate surface area is 126 Å². The fourth-order valence-corrected chi connectivity index (χ4v) is 3.56. The van der Waals surface area contributed by atoms with E-state index in [4.69, 9.17) is 0 Å². The normalized spacial score (nSPS) is 14.6. The van der Waals surface area contributed by atoms with Gasteiger partial charge < -0.3 is 4.90 Å². The number of amides is 1. The van der Waals surface area contributed by atoms with Crippen LogP contribution in [0.25, 0.3) is 0 Å². The third-order valence-corrected chi connectivity index (χ3v) is 5.22. The topological polar surface area (TPSA) is 66.5 Å². The van der Waals surface area contributed by atoms with Gasteiger partial charge in [0.1, 0.15) is 0 Å². The number of carbonyl (C=O) groups is 1. The third-order valence-electron chi connectivity index (χ3n) is 3.76. The van der Waals surface area contributed by atoms with Gasteiger partial charge in [0, 0.05) is 27.1 Å². The van der Waals surface area contributed by atoms with E-state index in [2.05, 4.69) is 4.72 Å². The van der Waals surface area contributed by atoms with E-state index in [9.17, 15) is 13.2 Å². The molecule has 116 valence electrons. The molecule has 0 fully saturated rings.